The standard InChI is InChI=1S/C22H31N3O3/c1-4-14(2)22(28)25-18-12-8-7-11-17(18)24-21(27)19(25)13-20(26)23-16-10-6-5-9-15(16)3/h5-6,9-10,14,17-19H,4,7-8,11-13H2,1-3H3,(H,23,26)(H,24,27). The summed E-state index contributed by atoms with van der Waals surface area (Å²) in [5.74, 6) is -0.622. The minimum atomic E-state index is -0.745. The van der Waals surface area contributed by atoms with Crippen molar-refractivity contribution in [1.82, 2.24) is 10.2 Å². The molecule has 1 aromatic rings. The number of para-hydroxylation sites is 1. The summed E-state index contributed by atoms with van der Waals surface area (Å²) < 4.78 is 0. The Labute approximate surface area is 167 Å². The van der Waals surface area contributed by atoms with E-state index in [-0.39, 0.29) is 42.1 Å². The quantitative estimate of drug-likeness (QED) is 0.818. The van der Waals surface area contributed by atoms with E-state index in [4.69, 9.17) is 0 Å². The lowest BCUT2D eigenvalue weighted by atomic mass is 9.84. The SMILES string of the molecule is CCC(C)C(=O)N1C(CC(=O)Nc2ccccc2C)C(=O)NC2CCCCC21. The van der Waals surface area contributed by atoms with Gasteiger partial charge >= 0.3 is 0 Å². The van der Waals surface area contributed by atoms with Crippen molar-refractivity contribution in [2.75, 3.05) is 5.32 Å². The molecule has 1 aromatic carbocycles. The number of aryl methyl sites for hydroxylation is 1. The van der Waals surface area contributed by atoms with Gasteiger partial charge in [-0.25, -0.2) is 0 Å². The lowest BCUT2D eigenvalue weighted by molar-refractivity contribution is -0.154. The van der Waals surface area contributed by atoms with E-state index in [2.05, 4.69) is 10.6 Å². The number of carbonyl (C=O) groups excluding carboxylic acids is 3. The Bertz CT molecular complexity index is 748. The number of anilines is 1. The van der Waals surface area contributed by atoms with Crippen molar-refractivity contribution < 1.29 is 14.4 Å². The molecule has 0 bridgehead atoms. The summed E-state index contributed by atoms with van der Waals surface area (Å²) in [6.07, 6.45) is 4.57. The highest BCUT2D eigenvalue weighted by Crippen LogP contribution is 2.31. The van der Waals surface area contributed by atoms with Gasteiger partial charge in [-0.3, -0.25) is 14.4 Å². The normalized spacial score (nSPS) is 25.5. The molecule has 6 heteroatoms. The summed E-state index contributed by atoms with van der Waals surface area (Å²) in [5.41, 5.74) is 1.70. The summed E-state index contributed by atoms with van der Waals surface area (Å²) in [6, 6.07) is 6.79. The molecule has 1 saturated carbocycles. The van der Waals surface area contributed by atoms with Crippen LogP contribution >= 0.6 is 0 Å². The number of hydrogen-bond donors (Lipinski definition) is 2. The van der Waals surface area contributed by atoms with Gasteiger partial charge in [-0.2, -0.15) is 0 Å². The van der Waals surface area contributed by atoms with Crippen molar-refractivity contribution in [2.45, 2.75) is 77.4 Å². The fourth-order valence-electron chi connectivity index (χ4n) is 4.28. The Hall–Kier alpha value is -2.37. The first-order chi connectivity index (χ1) is 13.4. The molecule has 152 valence electrons. The van der Waals surface area contributed by atoms with Gasteiger partial charge in [0.1, 0.15) is 6.04 Å². The monoisotopic (exact) mass is 385 g/mol. The number of benzene rings is 1. The van der Waals surface area contributed by atoms with Gasteiger partial charge < -0.3 is 15.5 Å². The third kappa shape index (κ3) is 4.21. The minimum Gasteiger partial charge on any atom is -0.349 e. The number of fused-ring (bicyclic) bond motifs is 1. The van der Waals surface area contributed by atoms with E-state index < -0.39 is 6.04 Å². The minimum absolute atomic E-state index is 0.00457. The number of rotatable bonds is 5. The highest BCUT2D eigenvalue weighted by molar-refractivity contribution is 5.98. The third-order valence-electron chi connectivity index (χ3n) is 6.14. The molecule has 6 nitrogen and oxygen atoms in total. The zero-order valence-corrected chi connectivity index (χ0v) is 17.0. The second-order valence-electron chi connectivity index (χ2n) is 8.10. The lowest BCUT2D eigenvalue weighted by Crippen LogP contribution is -2.68. The van der Waals surface area contributed by atoms with Crippen LogP contribution in [0.15, 0.2) is 24.3 Å². The van der Waals surface area contributed by atoms with E-state index in [0.29, 0.717) is 0 Å². The van der Waals surface area contributed by atoms with Crippen LogP contribution < -0.4 is 10.6 Å². The Morgan fingerprint density at radius 3 is 2.68 bits per heavy atom. The second kappa shape index (κ2) is 8.76. The maximum Gasteiger partial charge on any atom is 0.243 e. The number of nitrogens with one attached hydrogen (secondary N) is 2. The van der Waals surface area contributed by atoms with Crippen LogP contribution in [0.2, 0.25) is 0 Å². The van der Waals surface area contributed by atoms with E-state index in [0.717, 1.165) is 43.4 Å². The number of piperazine rings is 1. The van der Waals surface area contributed by atoms with E-state index >= 15 is 0 Å². The highest BCUT2D eigenvalue weighted by Gasteiger charge is 2.46. The van der Waals surface area contributed by atoms with Crippen LogP contribution in [0.4, 0.5) is 5.69 Å². The van der Waals surface area contributed by atoms with Gasteiger partial charge in [-0.15, -0.1) is 0 Å². The second-order valence-corrected chi connectivity index (χ2v) is 8.10. The molecule has 3 amide bonds. The van der Waals surface area contributed by atoms with Gasteiger partial charge in [-0.05, 0) is 37.8 Å². The summed E-state index contributed by atoms with van der Waals surface area (Å²) in [4.78, 5) is 40.5. The average Bonchev–Trinajstić information content (AvgIpc) is 2.69. The Morgan fingerprint density at radius 1 is 1.25 bits per heavy atom. The number of amides is 3. The molecule has 2 aliphatic rings. The van der Waals surface area contributed by atoms with Crippen LogP contribution in [0.3, 0.4) is 0 Å². The summed E-state index contributed by atoms with van der Waals surface area (Å²) in [6.45, 7) is 5.80. The average molecular weight is 386 g/mol. The van der Waals surface area contributed by atoms with Crippen molar-refractivity contribution in [1.29, 1.82) is 0 Å². The first kappa shape index (κ1) is 20.4. The molecule has 28 heavy (non-hydrogen) atoms. The molecular formula is C22H31N3O3. The maximum absolute atomic E-state index is 13.1. The molecule has 3 rings (SSSR count). The molecule has 2 N–H and O–H groups in total. The Balaban J connectivity index is 1.81. The number of hydrogen-bond acceptors (Lipinski definition) is 3. The maximum atomic E-state index is 13.1. The van der Waals surface area contributed by atoms with Crippen molar-refractivity contribution >= 4 is 23.4 Å². The topological polar surface area (TPSA) is 78.5 Å². The van der Waals surface area contributed by atoms with E-state index in [1.165, 1.54) is 0 Å². The van der Waals surface area contributed by atoms with Gasteiger partial charge in [0.05, 0.1) is 12.5 Å². The molecule has 4 atom stereocenters. The highest BCUT2D eigenvalue weighted by atomic mass is 16.2. The largest absolute Gasteiger partial charge is 0.349 e. The Kier molecular flexibility index (Phi) is 6.37. The number of carbonyl (C=O) groups is 3. The van der Waals surface area contributed by atoms with Gasteiger partial charge in [0.15, 0.2) is 0 Å². The van der Waals surface area contributed by atoms with Gasteiger partial charge in [0, 0.05) is 17.6 Å². The van der Waals surface area contributed by atoms with Crippen molar-refractivity contribution in [3.8, 4) is 0 Å². The van der Waals surface area contributed by atoms with Crippen molar-refractivity contribution in [3.05, 3.63) is 29.8 Å². The van der Waals surface area contributed by atoms with Crippen molar-refractivity contribution in [3.63, 3.8) is 0 Å². The molecule has 1 heterocycles. The van der Waals surface area contributed by atoms with Gasteiger partial charge in [0.25, 0.3) is 0 Å². The molecule has 0 radical (unpaired) electrons. The molecule has 1 aliphatic heterocycles. The Morgan fingerprint density at radius 2 is 1.96 bits per heavy atom. The molecule has 0 spiro atoms. The van der Waals surface area contributed by atoms with Gasteiger partial charge in [0.2, 0.25) is 17.7 Å². The first-order valence-corrected chi connectivity index (χ1v) is 10.4. The molecule has 1 aliphatic carbocycles. The van der Waals surface area contributed by atoms with Crippen LogP contribution in [-0.4, -0.2) is 40.7 Å². The fourth-order valence-corrected chi connectivity index (χ4v) is 4.28. The lowest BCUT2D eigenvalue weighted by Gasteiger charge is -2.48. The van der Waals surface area contributed by atoms with Crippen molar-refractivity contribution in [2.24, 2.45) is 5.92 Å². The van der Waals surface area contributed by atoms with E-state index in [9.17, 15) is 14.4 Å². The molecular weight excluding hydrogens is 354 g/mol. The van der Waals surface area contributed by atoms with E-state index in [1.807, 2.05) is 45.0 Å². The summed E-state index contributed by atoms with van der Waals surface area (Å²) >= 11 is 0. The molecule has 4 unspecified atom stereocenters. The summed E-state index contributed by atoms with van der Waals surface area (Å²) in [5, 5.41) is 5.97. The molecule has 1 saturated heterocycles. The third-order valence-corrected chi connectivity index (χ3v) is 6.14. The molecule has 0 aromatic heterocycles. The predicted octanol–water partition coefficient (Wildman–Crippen LogP) is 3.01. The van der Waals surface area contributed by atoms with Crippen LogP contribution in [-0.2, 0) is 14.4 Å². The van der Waals surface area contributed by atoms with Crippen LogP contribution in [0, 0.1) is 12.8 Å². The van der Waals surface area contributed by atoms with Gasteiger partial charge in [-0.1, -0.05) is 44.9 Å². The zero-order valence-electron chi connectivity index (χ0n) is 17.0. The first-order valence-electron chi connectivity index (χ1n) is 10.4. The van der Waals surface area contributed by atoms with Crippen LogP contribution in [0.5, 0.6) is 0 Å². The number of nitrogens with zero attached hydrogens (tertiary/aromatic N) is 1. The summed E-state index contributed by atoms with van der Waals surface area (Å²) in [7, 11) is 0. The zero-order chi connectivity index (χ0) is 20.3. The van der Waals surface area contributed by atoms with E-state index in [1.54, 1.807) is 4.90 Å². The fraction of sp³-hybridized carbons (Fsp3) is 0.591. The smallest absolute Gasteiger partial charge is 0.243 e. The van der Waals surface area contributed by atoms with Crippen LogP contribution in [0.1, 0.15) is 57.9 Å². The molecule has 2 fully saturated rings. The van der Waals surface area contributed by atoms with Crippen LogP contribution in [0.25, 0.3) is 0 Å². The predicted molar refractivity (Wildman–Crippen MR) is 109 cm³/mol.